The Labute approximate surface area is 164 Å². The van der Waals surface area contributed by atoms with Crippen molar-refractivity contribution in [1.82, 2.24) is 5.32 Å². The van der Waals surface area contributed by atoms with Gasteiger partial charge < -0.3 is 5.32 Å². The van der Waals surface area contributed by atoms with Crippen molar-refractivity contribution < 1.29 is 4.79 Å². The fourth-order valence-corrected chi connectivity index (χ4v) is 3.82. The van der Waals surface area contributed by atoms with Gasteiger partial charge in [-0.05, 0) is 48.6 Å². The van der Waals surface area contributed by atoms with Crippen LogP contribution in [0.4, 0.5) is 0 Å². The van der Waals surface area contributed by atoms with Crippen LogP contribution in [0.3, 0.4) is 0 Å². The second-order valence-electron chi connectivity index (χ2n) is 6.49. The van der Waals surface area contributed by atoms with Crippen molar-refractivity contribution in [1.29, 1.82) is 0 Å². The van der Waals surface area contributed by atoms with Crippen LogP contribution in [0.15, 0.2) is 47.4 Å². The molecule has 2 aromatic rings. The molecule has 0 radical (unpaired) electrons. The zero-order chi connectivity index (χ0) is 18.4. The first-order valence-corrected chi connectivity index (χ1v) is 10.1. The Bertz CT molecular complexity index is 716. The second kappa shape index (κ2) is 9.51. The number of carbonyl (C=O) groups is 1. The van der Waals surface area contributed by atoms with E-state index in [4.69, 9.17) is 23.2 Å². The van der Waals surface area contributed by atoms with E-state index in [-0.39, 0.29) is 11.9 Å². The lowest BCUT2D eigenvalue weighted by Crippen LogP contribution is -2.28. The highest BCUT2D eigenvalue weighted by Crippen LogP contribution is 2.29. The Morgan fingerprint density at radius 3 is 2.40 bits per heavy atom. The first-order chi connectivity index (χ1) is 11.8. The van der Waals surface area contributed by atoms with Gasteiger partial charge in [-0.15, -0.1) is 11.8 Å². The van der Waals surface area contributed by atoms with E-state index >= 15 is 0 Å². The molecule has 2 nitrogen and oxygen atoms in total. The number of thioether (sulfide) groups is 1. The van der Waals surface area contributed by atoms with Crippen molar-refractivity contribution in [2.45, 2.75) is 38.1 Å². The molecule has 2 aromatic carbocycles. The smallest absolute Gasteiger partial charge is 0.230 e. The molecule has 0 spiro atoms. The van der Waals surface area contributed by atoms with Crippen molar-refractivity contribution >= 4 is 40.9 Å². The molecule has 0 unspecified atom stereocenters. The van der Waals surface area contributed by atoms with Crippen LogP contribution in [0.5, 0.6) is 0 Å². The molecule has 0 aromatic heterocycles. The molecule has 1 atom stereocenters. The Morgan fingerprint density at radius 2 is 1.76 bits per heavy atom. The van der Waals surface area contributed by atoms with Crippen molar-refractivity contribution in [2.24, 2.45) is 5.92 Å². The van der Waals surface area contributed by atoms with Crippen LogP contribution in [0, 0.1) is 5.92 Å². The lowest BCUT2D eigenvalue weighted by atomic mass is 10.00. The van der Waals surface area contributed by atoms with E-state index in [2.05, 4.69) is 43.4 Å². The molecule has 0 aliphatic rings. The zero-order valence-corrected chi connectivity index (χ0v) is 17.0. The number of nitrogens with one attached hydrogen (secondary N) is 1. The maximum atomic E-state index is 12.2. The van der Waals surface area contributed by atoms with Gasteiger partial charge in [0.05, 0.1) is 16.8 Å². The van der Waals surface area contributed by atoms with Crippen LogP contribution in [0.25, 0.3) is 0 Å². The molecule has 2 rings (SSSR count). The third-order valence-electron chi connectivity index (χ3n) is 3.75. The Kier molecular flexibility index (Phi) is 7.67. The monoisotopic (exact) mass is 395 g/mol. The summed E-state index contributed by atoms with van der Waals surface area (Å²) in [6.45, 7) is 6.41. The van der Waals surface area contributed by atoms with Gasteiger partial charge in [-0.2, -0.15) is 0 Å². The molecular formula is C20H23Cl2NOS. The lowest BCUT2D eigenvalue weighted by molar-refractivity contribution is -0.119. The number of benzene rings is 2. The summed E-state index contributed by atoms with van der Waals surface area (Å²) in [5.41, 5.74) is 2.43. The summed E-state index contributed by atoms with van der Waals surface area (Å²) < 4.78 is 0. The van der Waals surface area contributed by atoms with Crippen LogP contribution >= 0.6 is 35.0 Å². The minimum atomic E-state index is -0.0315. The molecule has 134 valence electrons. The molecule has 0 saturated heterocycles. The SMILES string of the molecule is CC(C)Cc1ccc([C@@H](C)NC(=O)CSc2cc(Cl)ccc2Cl)cc1. The fourth-order valence-electron chi connectivity index (χ4n) is 2.51. The van der Waals surface area contributed by atoms with E-state index in [1.165, 1.54) is 17.3 Å². The van der Waals surface area contributed by atoms with Gasteiger partial charge >= 0.3 is 0 Å². The average Bonchev–Trinajstić information content (AvgIpc) is 2.55. The van der Waals surface area contributed by atoms with Crippen LogP contribution in [-0.2, 0) is 11.2 Å². The molecule has 0 bridgehead atoms. The summed E-state index contributed by atoms with van der Waals surface area (Å²) in [7, 11) is 0. The van der Waals surface area contributed by atoms with Crippen LogP contribution < -0.4 is 5.32 Å². The summed E-state index contributed by atoms with van der Waals surface area (Å²) in [5.74, 6) is 0.911. The second-order valence-corrected chi connectivity index (χ2v) is 8.35. The predicted molar refractivity (Wildman–Crippen MR) is 109 cm³/mol. The molecule has 5 heteroatoms. The molecule has 0 aliphatic heterocycles. The molecule has 0 heterocycles. The van der Waals surface area contributed by atoms with E-state index in [9.17, 15) is 4.79 Å². The minimum absolute atomic E-state index is 0.0280. The van der Waals surface area contributed by atoms with E-state index < -0.39 is 0 Å². The number of rotatable bonds is 7. The highest BCUT2D eigenvalue weighted by atomic mass is 35.5. The number of amides is 1. The number of hydrogen-bond acceptors (Lipinski definition) is 2. The molecule has 0 saturated carbocycles. The van der Waals surface area contributed by atoms with Gasteiger partial charge in [0.15, 0.2) is 0 Å². The topological polar surface area (TPSA) is 29.1 Å². The van der Waals surface area contributed by atoms with Gasteiger partial charge in [0.25, 0.3) is 0 Å². The predicted octanol–water partition coefficient (Wildman–Crippen LogP) is 6.16. The van der Waals surface area contributed by atoms with Crippen LogP contribution in [-0.4, -0.2) is 11.7 Å². The Morgan fingerprint density at radius 1 is 1.08 bits per heavy atom. The number of hydrogen-bond donors (Lipinski definition) is 1. The third kappa shape index (κ3) is 6.58. The van der Waals surface area contributed by atoms with Gasteiger partial charge in [0.2, 0.25) is 5.91 Å². The third-order valence-corrected chi connectivity index (χ3v) is 5.49. The zero-order valence-electron chi connectivity index (χ0n) is 14.7. The largest absolute Gasteiger partial charge is 0.349 e. The van der Waals surface area contributed by atoms with Gasteiger partial charge in [0.1, 0.15) is 0 Å². The summed E-state index contributed by atoms with van der Waals surface area (Å²) in [5, 5.41) is 4.25. The van der Waals surface area contributed by atoms with Gasteiger partial charge in [-0.25, -0.2) is 0 Å². The van der Waals surface area contributed by atoms with E-state index in [0.29, 0.717) is 21.7 Å². The molecular weight excluding hydrogens is 373 g/mol. The van der Waals surface area contributed by atoms with Crippen molar-refractivity contribution in [3.63, 3.8) is 0 Å². The van der Waals surface area contributed by atoms with Gasteiger partial charge in [-0.3, -0.25) is 4.79 Å². The number of halogens is 2. The summed E-state index contributed by atoms with van der Waals surface area (Å²) in [6.07, 6.45) is 1.07. The average molecular weight is 396 g/mol. The summed E-state index contributed by atoms with van der Waals surface area (Å²) >= 11 is 13.5. The molecule has 25 heavy (non-hydrogen) atoms. The summed E-state index contributed by atoms with van der Waals surface area (Å²) in [4.78, 5) is 13.0. The first-order valence-electron chi connectivity index (χ1n) is 8.31. The molecule has 1 amide bonds. The van der Waals surface area contributed by atoms with E-state index in [0.717, 1.165) is 16.9 Å². The standard InChI is InChI=1S/C20H23Cl2NOS/c1-13(2)10-15-4-6-16(7-5-15)14(3)23-20(24)12-25-19-11-17(21)8-9-18(19)22/h4-9,11,13-14H,10,12H2,1-3H3,(H,23,24)/t14-/m1/s1. The molecule has 0 fully saturated rings. The molecule has 0 aliphatic carbocycles. The highest BCUT2D eigenvalue weighted by Gasteiger charge is 2.11. The Balaban J connectivity index is 1.88. The lowest BCUT2D eigenvalue weighted by Gasteiger charge is -2.15. The maximum absolute atomic E-state index is 12.2. The van der Waals surface area contributed by atoms with Crippen molar-refractivity contribution in [2.75, 3.05) is 5.75 Å². The van der Waals surface area contributed by atoms with Crippen LogP contribution in [0.1, 0.15) is 37.9 Å². The highest BCUT2D eigenvalue weighted by molar-refractivity contribution is 8.00. The maximum Gasteiger partial charge on any atom is 0.230 e. The van der Waals surface area contributed by atoms with Gasteiger partial charge in [-0.1, -0.05) is 61.3 Å². The first kappa shape index (κ1) is 20.2. The van der Waals surface area contributed by atoms with E-state index in [1.54, 1.807) is 18.2 Å². The van der Waals surface area contributed by atoms with E-state index in [1.807, 2.05) is 6.92 Å². The normalized spacial score (nSPS) is 12.2. The number of carbonyl (C=O) groups excluding carboxylic acids is 1. The molecule has 1 N–H and O–H groups in total. The van der Waals surface area contributed by atoms with Gasteiger partial charge in [0, 0.05) is 9.92 Å². The quantitative estimate of drug-likeness (QED) is 0.568. The van der Waals surface area contributed by atoms with Crippen LogP contribution in [0.2, 0.25) is 10.0 Å². The summed E-state index contributed by atoms with van der Waals surface area (Å²) in [6, 6.07) is 13.7. The minimum Gasteiger partial charge on any atom is -0.349 e. The Hall–Kier alpha value is -1.16. The van der Waals surface area contributed by atoms with Crippen molar-refractivity contribution in [3.05, 3.63) is 63.6 Å². The fraction of sp³-hybridized carbons (Fsp3) is 0.350. The van der Waals surface area contributed by atoms with Crippen molar-refractivity contribution in [3.8, 4) is 0 Å².